The lowest BCUT2D eigenvalue weighted by Gasteiger charge is -2.36. The summed E-state index contributed by atoms with van der Waals surface area (Å²) in [7, 11) is 0. The second-order valence-corrected chi connectivity index (χ2v) is 7.17. The Balaban J connectivity index is 1.60. The van der Waals surface area contributed by atoms with Gasteiger partial charge in [-0.25, -0.2) is 4.79 Å². The van der Waals surface area contributed by atoms with Gasteiger partial charge >= 0.3 is 12.3 Å². The number of hydrogen-bond acceptors (Lipinski definition) is 7. The molecule has 1 aliphatic heterocycles. The van der Waals surface area contributed by atoms with Crippen molar-refractivity contribution >= 4 is 11.7 Å². The summed E-state index contributed by atoms with van der Waals surface area (Å²) in [4.78, 5) is 17.9. The molecule has 1 aliphatic rings. The molecule has 1 saturated heterocycles. The Kier molecular flexibility index (Phi) is 8.53. The number of alkyl halides is 3. The van der Waals surface area contributed by atoms with Crippen LogP contribution in [-0.2, 0) is 20.9 Å². The zero-order valence-electron chi connectivity index (χ0n) is 18.1. The van der Waals surface area contributed by atoms with Gasteiger partial charge in [0, 0.05) is 18.7 Å². The molecule has 0 bridgehead atoms. The van der Waals surface area contributed by atoms with Gasteiger partial charge in [-0.1, -0.05) is 18.2 Å². The number of halogens is 3. The summed E-state index contributed by atoms with van der Waals surface area (Å²) in [6.45, 7) is 3.96. The third-order valence-electron chi connectivity index (χ3n) is 4.77. The van der Waals surface area contributed by atoms with Gasteiger partial charge in [0.1, 0.15) is 18.1 Å². The smallest absolute Gasteiger partial charge is 0.487 e. The largest absolute Gasteiger partial charge is 0.573 e. The molecular weight excluding hydrogens is 441 g/mol. The number of hydrogen-bond donors (Lipinski definition) is 0. The standard InChI is InChI=1S/C23H25F3N2O5/c1-2-31-22(29)5-3-4-18-16-30-11-10-28(18)19-12-21(14-27-13-19)32-15-17-6-8-20(9-7-17)33-23(24,25)26/h3,5-9,12-14,18H,2,4,10-11,15-16H2,1H3/b5-3+. The second kappa shape index (κ2) is 11.6. The van der Waals surface area contributed by atoms with E-state index in [-0.39, 0.29) is 24.4 Å². The van der Waals surface area contributed by atoms with Crippen LogP contribution in [0.2, 0.25) is 0 Å². The molecule has 1 aromatic heterocycles. The fourth-order valence-corrected chi connectivity index (χ4v) is 3.30. The number of ether oxygens (including phenoxy) is 4. The van der Waals surface area contributed by atoms with Gasteiger partial charge in [0.15, 0.2) is 0 Å². The van der Waals surface area contributed by atoms with E-state index in [1.54, 1.807) is 25.4 Å². The van der Waals surface area contributed by atoms with Crippen molar-refractivity contribution in [1.82, 2.24) is 4.98 Å². The number of pyridine rings is 1. The highest BCUT2D eigenvalue weighted by atomic mass is 19.4. The van der Waals surface area contributed by atoms with E-state index < -0.39 is 6.36 Å². The van der Waals surface area contributed by atoms with Gasteiger partial charge in [-0.2, -0.15) is 0 Å². The molecule has 178 valence electrons. The molecule has 0 amide bonds. The highest BCUT2D eigenvalue weighted by Crippen LogP contribution is 2.26. The molecule has 2 aromatic rings. The minimum atomic E-state index is -4.73. The molecule has 1 atom stereocenters. The molecule has 0 radical (unpaired) electrons. The number of carbonyl (C=O) groups is 1. The van der Waals surface area contributed by atoms with Crippen LogP contribution < -0.4 is 14.4 Å². The topological polar surface area (TPSA) is 70.1 Å². The van der Waals surface area contributed by atoms with E-state index >= 15 is 0 Å². The van der Waals surface area contributed by atoms with Crippen LogP contribution in [0.25, 0.3) is 0 Å². The average molecular weight is 466 g/mol. The molecule has 10 heteroatoms. The molecule has 1 aromatic carbocycles. The van der Waals surface area contributed by atoms with Gasteiger partial charge in [-0.05, 0) is 31.0 Å². The number of esters is 1. The van der Waals surface area contributed by atoms with Crippen LogP contribution in [0.5, 0.6) is 11.5 Å². The van der Waals surface area contributed by atoms with E-state index in [1.807, 2.05) is 6.07 Å². The van der Waals surface area contributed by atoms with Crippen LogP contribution in [0.15, 0.2) is 54.9 Å². The molecule has 0 saturated carbocycles. The molecule has 1 unspecified atom stereocenters. The van der Waals surface area contributed by atoms with E-state index in [2.05, 4.69) is 14.6 Å². The summed E-state index contributed by atoms with van der Waals surface area (Å²) in [5.74, 6) is -0.142. The minimum Gasteiger partial charge on any atom is -0.487 e. The quantitative estimate of drug-likeness (QED) is 0.404. The van der Waals surface area contributed by atoms with Crippen molar-refractivity contribution < 1.29 is 36.9 Å². The zero-order chi connectivity index (χ0) is 23.7. The molecule has 2 heterocycles. The summed E-state index contributed by atoms with van der Waals surface area (Å²) < 4.78 is 57.0. The van der Waals surface area contributed by atoms with Crippen molar-refractivity contribution in [3.05, 3.63) is 60.4 Å². The fraction of sp³-hybridized carbons (Fsp3) is 0.391. The number of aromatic nitrogens is 1. The Morgan fingerprint density at radius 1 is 1.24 bits per heavy atom. The Bertz CT molecular complexity index is 934. The van der Waals surface area contributed by atoms with Crippen LogP contribution >= 0.6 is 0 Å². The van der Waals surface area contributed by atoms with Gasteiger partial charge in [-0.15, -0.1) is 13.2 Å². The van der Waals surface area contributed by atoms with Gasteiger partial charge in [0.25, 0.3) is 0 Å². The predicted octanol–water partition coefficient (Wildman–Crippen LogP) is 4.27. The molecule has 0 aliphatic carbocycles. The zero-order valence-corrected chi connectivity index (χ0v) is 18.1. The van der Waals surface area contributed by atoms with Gasteiger partial charge in [-0.3, -0.25) is 4.98 Å². The van der Waals surface area contributed by atoms with Crippen molar-refractivity contribution in [2.24, 2.45) is 0 Å². The molecule has 7 nitrogen and oxygen atoms in total. The molecule has 1 fully saturated rings. The lowest BCUT2D eigenvalue weighted by Crippen LogP contribution is -2.45. The SMILES string of the molecule is CCOC(=O)/C=C/CC1COCCN1c1cncc(OCc2ccc(OC(F)(F)F)cc2)c1. The maximum Gasteiger partial charge on any atom is 0.573 e. The van der Waals surface area contributed by atoms with E-state index in [9.17, 15) is 18.0 Å². The Labute approximate surface area is 189 Å². The highest BCUT2D eigenvalue weighted by molar-refractivity contribution is 5.81. The lowest BCUT2D eigenvalue weighted by molar-refractivity contribution is -0.274. The Morgan fingerprint density at radius 3 is 2.76 bits per heavy atom. The first-order valence-electron chi connectivity index (χ1n) is 10.4. The van der Waals surface area contributed by atoms with Gasteiger partial charge in [0.05, 0.1) is 43.9 Å². The second-order valence-electron chi connectivity index (χ2n) is 7.17. The molecular formula is C23H25F3N2O5. The van der Waals surface area contributed by atoms with Crippen LogP contribution in [0.1, 0.15) is 18.9 Å². The summed E-state index contributed by atoms with van der Waals surface area (Å²) in [6.07, 6.45) is 2.35. The average Bonchev–Trinajstić information content (AvgIpc) is 2.78. The van der Waals surface area contributed by atoms with E-state index in [4.69, 9.17) is 14.2 Å². The van der Waals surface area contributed by atoms with Crippen molar-refractivity contribution in [2.45, 2.75) is 32.4 Å². The van der Waals surface area contributed by atoms with Crippen molar-refractivity contribution in [3.8, 4) is 11.5 Å². The first-order chi connectivity index (χ1) is 15.8. The maximum atomic E-state index is 12.3. The van der Waals surface area contributed by atoms with Crippen LogP contribution in [0, 0.1) is 0 Å². The highest BCUT2D eigenvalue weighted by Gasteiger charge is 2.31. The van der Waals surface area contributed by atoms with Crippen LogP contribution in [0.4, 0.5) is 18.9 Å². The molecule has 0 spiro atoms. The minimum absolute atomic E-state index is 0.0163. The van der Waals surface area contributed by atoms with E-state index in [0.717, 1.165) is 5.69 Å². The third-order valence-corrected chi connectivity index (χ3v) is 4.77. The summed E-state index contributed by atoms with van der Waals surface area (Å²) in [5.41, 5.74) is 1.53. The Hall–Kier alpha value is -3.27. The van der Waals surface area contributed by atoms with E-state index in [1.165, 1.54) is 30.3 Å². The lowest BCUT2D eigenvalue weighted by atomic mass is 10.1. The van der Waals surface area contributed by atoms with Crippen molar-refractivity contribution in [2.75, 3.05) is 31.3 Å². The van der Waals surface area contributed by atoms with Crippen molar-refractivity contribution in [3.63, 3.8) is 0 Å². The summed E-state index contributed by atoms with van der Waals surface area (Å²) in [6, 6.07) is 7.36. The number of morpholine rings is 1. The molecule has 33 heavy (non-hydrogen) atoms. The first-order valence-corrected chi connectivity index (χ1v) is 10.4. The number of carbonyl (C=O) groups excluding carboxylic acids is 1. The van der Waals surface area contributed by atoms with Crippen molar-refractivity contribution in [1.29, 1.82) is 0 Å². The van der Waals surface area contributed by atoms with Crippen LogP contribution in [-0.4, -0.2) is 49.7 Å². The number of nitrogens with zero attached hydrogens (tertiary/aromatic N) is 2. The molecule has 0 N–H and O–H groups in total. The monoisotopic (exact) mass is 466 g/mol. The normalized spacial score (nSPS) is 16.6. The third kappa shape index (κ3) is 7.98. The van der Waals surface area contributed by atoms with Gasteiger partial charge < -0.3 is 23.8 Å². The summed E-state index contributed by atoms with van der Waals surface area (Å²) in [5, 5.41) is 0. The van der Waals surface area contributed by atoms with E-state index in [0.29, 0.717) is 44.1 Å². The number of benzene rings is 1. The number of rotatable bonds is 9. The first kappa shape index (κ1) is 24.4. The maximum absolute atomic E-state index is 12.3. The van der Waals surface area contributed by atoms with Gasteiger partial charge in [0.2, 0.25) is 0 Å². The Morgan fingerprint density at radius 2 is 2.03 bits per heavy atom. The predicted molar refractivity (Wildman–Crippen MR) is 114 cm³/mol. The summed E-state index contributed by atoms with van der Waals surface area (Å²) >= 11 is 0. The fourth-order valence-electron chi connectivity index (χ4n) is 3.30. The molecule has 3 rings (SSSR count). The van der Waals surface area contributed by atoms with Crippen LogP contribution in [0.3, 0.4) is 0 Å². The number of anilines is 1.